The standard InChI is InChI=1S/C15H20N2O6S2/c1-24(20,21)14-7-6-11(9-16-14)25(22,23)17-12-5-3-2-4-10(12)8-13(17)15(18)19/h6-7,9-10,12-13H,2-5,8H2,1H3,(H,18,19). The number of rotatable bonds is 4. The number of fused-ring (bicyclic) bond motifs is 1. The number of carbonyl (C=O) groups is 1. The van der Waals surface area contributed by atoms with Gasteiger partial charge in [0, 0.05) is 18.5 Å². The fraction of sp³-hybridized carbons (Fsp3) is 0.600. The predicted molar refractivity (Wildman–Crippen MR) is 88.2 cm³/mol. The summed E-state index contributed by atoms with van der Waals surface area (Å²) in [4.78, 5) is 15.2. The third-order valence-electron chi connectivity index (χ3n) is 4.98. The van der Waals surface area contributed by atoms with Crippen LogP contribution in [0.4, 0.5) is 0 Å². The molecule has 10 heteroatoms. The highest BCUT2D eigenvalue weighted by atomic mass is 32.2. The fourth-order valence-electron chi connectivity index (χ4n) is 3.84. The summed E-state index contributed by atoms with van der Waals surface area (Å²) in [5.41, 5.74) is 0. The second-order valence-corrected chi connectivity index (χ2v) is 10.4. The van der Waals surface area contributed by atoms with Crippen molar-refractivity contribution in [2.75, 3.05) is 6.26 Å². The van der Waals surface area contributed by atoms with Crippen LogP contribution in [0.1, 0.15) is 32.1 Å². The SMILES string of the molecule is CS(=O)(=O)c1ccc(S(=O)(=O)N2C(C(=O)O)CC3CCCCC32)cn1. The number of nitrogens with zero attached hydrogens (tertiary/aromatic N) is 2. The minimum atomic E-state index is -4.07. The first-order valence-corrected chi connectivity index (χ1v) is 11.4. The van der Waals surface area contributed by atoms with E-state index in [1.54, 1.807) is 0 Å². The quantitative estimate of drug-likeness (QED) is 0.813. The third kappa shape index (κ3) is 3.30. The Morgan fingerprint density at radius 3 is 2.44 bits per heavy atom. The molecular weight excluding hydrogens is 368 g/mol. The maximum atomic E-state index is 13.0. The molecule has 2 heterocycles. The molecule has 3 atom stereocenters. The first kappa shape index (κ1) is 18.3. The van der Waals surface area contributed by atoms with Gasteiger partial charge in [0.25, 0.3) is 0 Å². The van der Waals surface area contributed by atoms with Gasteiger partial charge in [-0.3, -0.25) is 4.79 Å². The van der Waals surface area contributed by atoms with E-state index in [0.717, 1.165) is 42.1 Å². The fourth-order valence-corrected chi connectivity index (χ4v) is 6.21. The van der Waals surface area contributed by atoms with Crippen molar-refractivity contribution in [3.63, 3.8) is 0 Å². The van der Waals surface area contributed by atoms with Gasteiger partial charge in [-0.1, -0.05) is 12.8 Å². The highest BCUT2D eigenvalue weighted by Gasteiger charge is 2.51. The normalized spacial score (nSPS) is 27.8. The minimum Gasteiger partial charge on any atom is -0.480 e. The van der Waals surface area contributed by atoms with Crippen molar-refractivity contribution in [3.05, 3.63) is 18.3 Å². The number of pyridine rings is 1. The van der Waals surface area contributed by atoms with Crippen LogP contribution in [0.2, 0.25) is 0 Å². The smallest absolute Gasteiger partial charge is 0.322 e. The number of sulfonamides is 1. The number of carboxylic acid groups (broad SMARTS) is 1. The zero-order chi connectivity index (χ0) is 18.4. The van der Waals surface area contributed by atoms with Crippen LogP contribution in [-0.2, 0) is 24.7 Å². The Morgan fingerprint density at radius 2 is 1.88 bits per heavy atom. The van der Waals surface area contributed by atoms with E-state index in [-0.39, 0.29) is 21.9 Å². The second kappa shape index (κ2) is 6.33. The molecule has 0 aromatic carbocycles. The Kier molecular flexibility index (Phi) is 4.63. The van der Waals surface area contributed by atoms with Gasteiger partial charge in [-0.2, -0.15) is 4.31 Å². The Balaban J connectivity index is 2.00. The Bertz CT molecular complexity index is 879. The van der Waals surface area contributed by atoms with Crippen molar-refractivity contribution in [2.24, 2.45) is 5.92 Å². The van der Waals surface area contributed by atoms with Crippen LogP contribution in [0.3, 0.4) is 0 Å². The minimum absolute atomic E-state index is 0.0490. The lowest BCUT2D eigenvalue weighted by Crippen LogP contribution is -2.46. The summed E-state index contributed by atoms with van der Waals surface area (Å²) in [6, 6.07) is 0.891. The van der Waals surface area contributed by atoms with Crippen molar-refractivity contribution < 1.29 is 26.7 Å². The molecule has 3 unspecified atom stereocenters. The molecule has 0 bridgehead atoms. The number of aliphatic carboxylic acids is 1. The number of hydrogen-bond donors (Lipinski definition) is 1. The van der Waals surface area contributed by atoms with E-state index in [0.29, 0.717) is 12.8 Å². The van der Waals surface area contributed by atoms with E-state index in [1.165, 1.54) is 6.07 Å². The second-order valence-electron chi connectivity index (χ2n) is 6.64. The number of carboxylic acids is 1. The number of sulfone groups is 1. The molecule has 1 aliphatic heterocycles. The summed E-state index contributed by atoms with van der Waals surface area (Å²) in [6.07, 6.45) is 5.59. The van der Waals surface area contributed by atoms with Crippen molar-refractivity contribution in [1.29, 1.82) is 0 Å². The van der Waals surface area contributed by atoms with Gasteiger partial charge in [-0.05, 0) is 37.3 Å². The molecule has 3 rings (SSSR count). The molecule has 2 fully saturated rings. The molecule has 8 nitrogen and oxygen atoms in total. The van der Waals surface area contributed by atoms with Gasteiger partial charge in [0.2, 0.25) is 10.0 Å². The average molecular weight is 388 g/mol. The zero-order valence-corrected chi connectivity index (χ0v) is 15.3. The van der Waals surface area contributed by atoms with E-state index in [2.05, 4.69) is 4.98 Å². The Labute approximate surface area is 146 Å². The van der Waals surface area contributed by atoms with Crippen molar-refractivity contribution in [2.45, 2.75) is 54.1 Å². The van der Waals surface area contributed by atoms with E-state index >= 15 is 0 Å². The van der Waals surface area contributed by atoms with Crippen LogP contribution >= 0.6 is 0 Å². The van der Waals surface area contributed by atoms with Gasteiger partial charge < -0.3 is 5.11 Å². The molecule has 2 aliphatic rings. The van der Waals surface area contributed by atoms with E-state index in [1.807, 2.05) is 0 Å². The first-order chi connectivity index (χ1) is 11.6. The molecule has 0 radical (unpaired) electrons. The van der Waals surface area contributed by atoms with Gasteiger partial charge in [0.1, 0.15) is 10.9 Å². The summed E-state index contributed by atoms with van der Waals surface area (Å²) < 4.78 is 50.1. The van der Waals surface area contributed by atoms with Crippen LogP contribution in [0.5, 0.6) is 0 Å². The van der Waals surface area contributed by atoms with Gasteiger partial charge in [0.15, 0.2) is 14.9 Å². The van der Waals surface area contributed by atoms with Crippen LogP contribution in [0, 0.1) is 5.92 Å². The van der Waals surface area contributed by atoms with Crippen LogP contribution < -0.4 is 0 Å². The summed E-state index contributed by atoms with van der Waals surface area (Å²) in [5.74, 6) is -1.11. The van der Waals surface area contributed by atoms with Gasteiger partial charge in [-0.15, -0.1) is 0 Å². The van der Waals surface area contributed by atoms with Crippen LogP contribution in [-0.4, -0.2) is 55.5 Å². The molecule has 0 spiro atoms. The van der Waals surface area contributed by atoms with Crippen molar-refractivity contribution >= 4 is 25.8 Å². The van der Waals surface area contributed by atoms with Gasteiger partial charge in [-0.25, -0.2) is 21.8 Å². The van der Waals surface area contributed by atoms with Crippen LogP contribution in [0.25, 0.3) is 0 Å². The van der Waals surface area contributed by atoms with Crippen molar-refractivity contribution in [1.82, 2.24) is 9.29 Å². The maximum absolute atomic E-state index is 13.0. The van der Waals surface area contributed by atoms with Gasteiger partial charge in [0.05, 0.1) is 0 Å². The number of hydrogen-bond acceptors (Lipinski definition) is 6. The molecular formula is C15H20N2O6S2. The molecule has 25 heavy (non-hydrogen) atoms. The van der Waals surface area contributed by atoms with E-state index in [9.17, 15) is 26.7 Å². The monoisotopic (exact) mass is 388 g/mol. The number of aromatic nitrogens is 1. The summed E-state index contributed by atoms with van der Waals surface area (Å²) in [6.45, 7) is 0. The highest BCUT2D eigenvalue weighted by Crippen LogP contribution is 2.42. The molecule has 1 saturated carbocycles. The Morgan fingerprint density at radius 1 is 1.20 bits per heavy atom. The van der Waals surface area contributed by atoms with Gasteiger partial charge >= 0.3 is 5.97 Å². The summed E-state index contributed by atoms with van der Waals surface area (Å²) in [7, 11) is -7.61. The highest BCUT2D eigenvalue weighted by molar-refractivity contribution is 7.90. The predicted octanol–water partition coefficient (Wildman–Crippen LogP) is 0.891. The van der Waals surface area contributed by atoms with E-state index < -0.39 is 31.9 Å². The lowest BCUT2D eigenvalue weighted by atomic mass is 9.85. The lowest BCUT2D eigenvalue weighted by molar-refractivity contribution is -0.141. The topological polar surface area (TPSA) is 122 Å². The molecule has 0 amide bonds. The molecule has 1 saturated heterocycles. The zero-order valence-electron chi connectivity index (χ0n) is 13.7. The lowest BCUT2D eigenvalue weighted by Gasteiger charge is -2.32. The molecule has 138 valence electrons. The van der Waals surface area contributed by atoms with Crippen molar-refractivity contribution in [3.8, 4) is 0 Å². The largest absolute Gasteiger partial charge is 0.480 e. The molecule has 1 aliphatic carbocycles. The summed E-state index contributed by atoms with van der Waals surface area (Å²) in [5, 5.41) is 9.27. The van der Waals surface area contributed by atoms with E-state index in [4.69, 9.17) is 0 Å². The third-order valence-corrected chi connectivity index (χ3v) is 7.90. The first-order valence-electron chi connectivity index (χ1n) is 8.05. The molecule has 1 aromatic rings. The average Bonchev–Trinajstić information content (AvgIpc) is 2.94. The Hall–Kier alpha value is -1.52. The maximum Gasteiger partial charge on any atom is 0.322 e. The molecule has 1 aromatic heterocycles. The van der Waals surface area contributed by atoms with Crippen LogP contribution in [0.15, 0.2) is 28.3 Å². The molecule has 1 N–H and O–H groups in total. The summed E-state index contributed by atoms with van der Waals surface area (Å²) >= 11 is 0.